The van der Waals surface area contributed by atoms with Gasteiger partial charge in [0.05, 0.1) is 10.2 Å². The van der Waals surface area contributed by atoms with Crippen molar-refractivity contribution < 1.29 is 0 Å². The summed E-state index contributed by atoms with van der Waals surface area (Å²) in [6, 6.07) is 0. The van der Waals surface area contributed by atoms with E-state index in [1.807, 2.05) is 11.8 Å². The molecular formula is C14H21N3S2. The van der Waals surface area contributed by atoms with Crippen LogP contribution in [0.5, 0.6) is 0 Å². The van der Waals surface area contributed by atoms with Crippen LogP contribution in [0.4, 0.5) is 5.82 Å². The van der Waals surface area contributed by atoms with Gasteiger partial charge in [-0.2, -0.15) is 11.8 Å². The van der Waals surface area contributed by atoms with Crippen molar-refractivity contribution in [3.63, 3.8) is 0 Å². The molecule has 0 fully saturated rings. The lowest BCUT2D eigenvalue weighted by atomic mass is 10.2. The minimum atomic E-state index is 0.993. The first-order valence-corrected chi connectivity index (χ1v) is 9.02. The molecule has 104 valence electrons. The summed E-state index contributed by atoms with van der Waals surface area (Å²) in [6.45, 7) is 3.10. The summed E-state index contributed by atoms with van der Waals surface area (Å²) < 4.78 is 1.18. The van der Waals surface area contributed by atoms with Crippen LogP contribution in [0.3, 0.4) is 0 Å². The van der Waals surface area contributed by atoms with E-state index >= 15 is 0 Å². The van der Waals surface area contributed by atoms with Crippen molar-refractivity contribution in [2.24, 2.45) is 0 Å². The minimum Gasteiger partial charge on any atom is -0.369 e. The number of anilines is 1. The molecule has 0 unspecified atom stereocenters. The summed E-state index contributed by atoms with van der Waals surface area (Å²) in [4.78, 5) is 8.69. The molecule has 0 bridgehead atoms. The van der Waals surface area contributed by atoms with Gasteiger partial charge >= 0.3 is 0 Å². The third kappa shape index (κ3) is 4.08. The molecule has 2 heterocycles. The molecule has 19 heavy (non-hydrogen) atoms. The normalized spacial score (nSPS) is 11.1. The van der Waals surface area contributed by atoms with Crippen LogP contribution in [-0.2, 0) is 0 Å². The lowest BCUT2D eigenvalue weighted by Gasteiger charge is -2.06. The van der Waals surface area contributed by atoms with E-state index in [0.717, 1.165) is 17.9 Å². The molecule has 0 radical (unpaired) electrons. The van der Waals surface area contributed by atoms with Crippen molar-refractivity contribution in [1.29, 1.82) is 0 Å². The van der Waals surface area contributed by atoms with Gasteiger partial charge in [-0.25, -0.2) is 9.97 Å². The predicted octanol–water partition coefficient (Wildman–Crippen LogP) is 4.34. The van der Waals surface area contributed by atoms with Gasteiger partial charge in [-0.3, -0.25) is 0 Å². The van der Waals surface area contributed by atoms with Crippen molar-refractivity contribution >= 4 is 39.1 Å². The van der Waals surface area contributed by atoms with Gasteiger partial charge in [-0.1, -0.05) is 12.8 Å². The van der Waals surface area contributed by atoms with Crippen molar-refractivity contribution in [1.82, 2.24) is 9.97 Å². The Morgan fingerprint density at radius 2 is 2.05 bits per heavy atom. The maximum absolute atomic E-state index is 4.35. The lowest BCUT2D eigenvalue weighted by molar-refractivity contribution is 0.688. The summed E-state index contributed by atoms with van der Waals surface area (Å²) in [5, 5.41) is 5.59. The van der Waals surface area contributed by atoms with Gasteiger partial charge in [-0.15, -0.1) is 11.3 Å². The van der Waals surface area contributed by atoms with E-state index in [0.29, 0.717) is 0 Å². The topological polar surface area (TPSA) is 37.8 Å². The van der Waals surface area contributed by atoms with E-state index in [1.54, 1.807) is 17.7 Å². The molecule has 2 rings (SSSR count). The summed E-state index contributed by atoms with van der Waals surface area (Å²) in [5.74, 6) is 2.28. The first-order valence-electron chi connectivity index (χ1n) is 6.74. The molecule has 3 nitrogen and oxygen atoms in total. The Labute approximate surface area is 123 Å². The first kappa shape index (κ1) is 14.6. The lowest BCUT2D eigenvalue weighted by Crippen LogP contribution is -2.03. The third-order valence-corrected chi connectivity index (χ3v) is 4.89. The van der Waals surface area contributed by atoms with E-state index in [-0.39, 0.29) is 0 Å². The van der Waals surface area contributed by atoms with Crippen LogP contribution < -0.4 is 5.32 Å². The zero-order chi connectivity index (χ0) is 13.5. The van der Waals surface area contributed by atoms with Gasteiger partial charge in [0.1, 0.15) is 12.1 Å². The number of nitrogens with one attached hydrogen (secondary N) is 1. The van der Waals surface area contributed by atoms with Crippen LogP contribution in [0.1, 0.15) is 31.2 Å². The van der Waals surface area contributed by atoms with E-state index in [9.17, 15) is 0 Å². The monoisotopic (exact) mass is 295 g/mol. The molecule has 0 aliphatic heterocycles. The Bertz CT molecular complexity index is 510. The third-order valence-electron chi connectivity index (χ3n) is 3.10. The van der Waals surface area contributed by atoms with Gasteiger partial charge in [0.2, 0.25) is 0 Å². The van der Waals surface area contributed by atoms with Crippen molar-refractivity contribution in [3.8, 4) is 0 Å². The summed E-state index contributed by atoms with van der Waals surface area (Å²) >= 11 is 3.66. The summed E-state index contributed by atoms with van der Waals surface area (Å²) in [5.41, 5.74) is 2.32. The Morgan fingerprint density at radius 3 is 2.89 bits per heavy atom. The van der Waals surface area contributed by atoms with Crippen LogP contribution in [-0.4, -0.2) is 28.5 Å². The average molecular weight is 295 g/mol. The fourth-order valence-corrected chi connectivity index (χ4v) is 3.49. The van der Waals surface area contributed by atoms with Crippen LogP contribution >= 0.6 is 23.1 Å². The summed E-state index contributed by atoms with van der Waals surface area (Å²) in [6.07, 6.45) is 9.01. The molecule has 0 atom stereocenters. The number of thioether (sulfide) groups is 1. The quantitative estimate of drug-likeness (QED) is 0.735. The molecule has 0 spiro atoms. The highest BCUT2D eigenvalue weighted by molar-refractivity contribution is 7.98. The minimum absolute atomic E-state index is 0.993. The van der Waals surface area contributed by atoms with Gasteiger partial charge in [0.25, 0.3) is 0 Å². The van der Waals surface area contributed by atoms with Gasteiger partial charge in [-0.05, 0) is 42.7 Å². The average Bonchev–Trinajstić information content (AvgIpc) is 2.81. The Morgan fingerprint density at radius 1 is 1.21 bits per heavy atom. The molecule has 2 aromatic rings. The van der Waals surface area contributed by atoms with Crippen molar-refractivity contribution in [3.05, 3.63) is 17.3 Å². The second-order valence-electron chi connectivity index (χ2n) is 4.65. The number of fused-ring (bicyclic) bond motifs is 1. The molecule has 1 N–H and O–H groups in total. The SMILES string of the molecule is CSCCCCCCNc1ncnc2c(C)csc12. The number of aromatic nitrogens is 2. The molecule has 0 aliphatic carbocycles. The number of unbranched alkanes of at least 4 members (excludes halogenated alkanes) is 3. The zero-order valence-corrected chi connectivity index (χ0v) is 13.2. The number of hydrogen-bond donors (Lipinski definition) is 1. The molecule has 0 aromatic carbocycles. The Balaban J connectivity index is 1.79. The Hall–Kier alpha value is -0.810. The van der Waals surface area contributed by atoms with E-state index in [1.165, 1.54) is 41.7 Å². The zero-order valence-electron chi connectivity index (χ0n) is 11.6. The van der Waals surface area contributed by atoms with Gasteiger partial charge in [0, 0.05) is 6.54 Å². The molecule has 0 aliphatic rings. The first-order chi connectivity index (χ1) is 9.33. The standard InChI is InChI=1S/C14H21N3S2/c1-11-9-19-13-12(11)16-10-17-14(13)15-7-5-3-4-6-8-18-2/h9-10H,3-8H2,1-2H3,(H,15,16,17). The van der Waals surface area contributed by atoms with Crippen LogP contribution in [0, 0.1) is 6.92 Å². The fourth-order valence-electron chi connectivity index (χ4n) is 2.03. The number of hydrogen-bond acceptors (Lipinski definition) is 5. The molecular weight excluding hydrogens is 274 g/mol. The number of rotatable bonds is 8. The molecule has 2 aromatic heterocycles. The molecule has 0 saturated carbocycles. The second-order valence-corrected chi connectivity index (χ2v) is 6.52. The van der Waals surface area contributed by atoms with Crippen molar-refractivity contribution in [2.75, 3.05) is 23.9 Å². The van der Waals surface area contributed by atoms with E-state index < -0.39 is 0 Å². The van der Waals surface area contributed by atoms with Crippen molar-refractivity contribution in [2.45, 2.75) is 32.6 Å². The van der Waals surface area contributed by atoms with Crippen LogP contribution in [0.25, 0.3) is 10.2 Å². The maximum Gasteiger partial charge on any atom is 0.147 e. The number of thiophene rings is 1. The smallest absolute Gasteiger partial charge is 0.147 e. The van der Waals surface area contributed by atoms with Crippen LogP contribution in [0.2, 0.25) is 0 Å². The number of nitrogens with zero attached hydrogens (tertiary/aromatic N) is 2. The highest BCUT2D eigenvalue weighted by Gasteiger charge is 2.06. The number of aryl methyl sites for hydroxylation is 1. The van der Waals surface area contributed by atoms with E-state index in [2.05, 4.69) is 33.8 Å². The predicted molar refractivity (Wildman–Crippen MR) is 87.5 cm³/mol. The Kier molecular flexibility index (Phi) is 5.92. The second kappa shape index (κ2) is 7.70. The van der Waals surface area contributed by atoms with Crippen LogP contribution in [0.15, 0.2) is 11.7 Å². The van der Waals surface area contributed by atoms with Gasteiger partial charge < -0.3 is 5.32 Å². The molecule has 0 saturated heterocycles. The maximum atomic E-state index is 4.35. The van der Waals surface area contributed by atoms with Gasteiger partial charge in [0.15, 0.2) is 0 Å². The largest absolute Gasteiger partial charge is 0.369 e. The fraction of sp³-hybridized carbons (Fsp3) is 0.571. The highest BCUT2D eigenvalue weighted by Crippen LogP contribution is 2.28. The summed E-state index contributed by atoms with van der Waals surface area (Å²) in [7, 11) is 0. The van der Waals surface area contributed by atoms with E-state index in [4.69, 9.17) is 0 Å². The molecule has 0 amide bonds. The molecule has 5 heteroatoms. The highest BCUT2D eigenvalue weighted by atomic mass is 32.2.